The summed E-state index contributed by atoms with van der Waals surface area (Å²) in [4.78, 5) is 0. The lowest BCUT2D eigenvalue weighted by Crippen LogP contribution is -2.25. The third kappa shape index (κ3) is 1.64. The molecule has 4 nitrogen and oxygen atoms in total. The fourth-order valence-electron chi connectivity index (χ4n) is 2.01. The summed E-state index contributed by atoms with van der Waals surface area (Å²) in [5, 5.41) is 0. The minimum atomic E-state index is -3.53. The Labute approximate surface area is 106 Å². The van der Waals surface area contributed by atoms with Gasteiger partial charge in [0, 0.05) is 0 Å². The van der Waals surface area contributed by atoms with Gasteiger partial charge in [-0.2, -0.15) is 8.42 Å². The predicted molar refractivity (Wildman–Crippen MR) is 72.3 cm³/mol. The van der Waals surface area contributed by atoms with Crippen molar-refractivity contribution in [1.29, 1.82) is 0 Å². The molecule has 1 aliphatic rings. The van der Waals surface area contributed by atoms with Crippen molar-refractivity contribution in [1.82, 2.24) is 0 Å². The minimum absolute atomic E-state index is 0.609. The second-order valence-electron chi connectivity index (χ2n) is 4.22. The molecule has 0 spiro atoms. The first kappa shape index (κ1) is 11.1. The van der Waals surface area contributed by atoms with Gasteiger partial charge in [0.25, 0.3) is 0 Å². The summed E-state index contributed by atoms with van der Waals surface area (Å²) in [6.07, 6.45) is 0. The molecular formula is C13H12N2O2S. The van der Waals surface area contributed by atoms with Gasteiger partial charge < -0.3 is 0 Å². The van der Waals surface area contributed by atoms with Crippen molar-refractivity contribution >= 4 is 27.3 Å². The summed E-state index contributed by atoms with van der Waals surface area (Å²) >= 11 is 0. The van der Waals surface area contributed by atoms with E-state index >= 15 is 0 Å². The van der Waals surface area contributed by atoms with Crippen LogP contribution in [0, 0.1) is 6.92 Å². The Kier molecular flexibility index (Phi) is 2.31. The molecule has 5 heteroatoms. The number of hydrogen-bond acceptors (Lipinski definition) is 2. The van der Waals surface area contributed by atoms with Crippen LogP contribution in [0.2, 0.25) is 0 Å². The molecular weight excluding hydrogens is 248 g/mol. The Balaban J connectivity index is 2.18. The average molecular weight is 260 g/mol. The molecule has 1 heterocycles. The van der Waals surface area contributed by atoms with Crippen molar-refractivity contribution in [3.63, 3.8) is 0 Å². The smallest absolute Gasteiger partial charge is 0.264 e. The molecule has 92 valence electrons. The molecule has 0 bridgehead atoms. The quantitative estimate of drug-likeness (QED) is 0.857. The van der Waals surface area contributed by atoms with Gasteiger partial charge in [0.15, 0.2) is 0 Å². The van der Waals surface area contributed by atoms with Crippen LogP contribution >= 0.6 is 0 Å². The Morgan fingerprint density at radius 2 is 1.67 bits per heavy atom. The largest absolute Gasteiger partial charge is 0.328 e. The average Bonchev–Trinajstić information content (AvgIpc) is 2.60. The lowest BCUT2D eigenvalue weighted by atomic mass is 10.2. The SMILES string of the molecule is Cc1ccc(N2c3ccccc3NS2(=O)=O)cc1. The van der Waals surface area contributed by atoms with Gasteiger partial charge in [0.05, 0.1) is 17.1 Å². The van der Waals surface area contributed by atoms with E-state index in [1.807, 2.05) is 25.1 Å². The fraction of sp³-hybridized carbons (Fsp3) is 0.0769. The Hall–Kier alpha value is -2.01. The molecule has 2 aromatic rings. The Morgan fingerprint density at radius 1 is 1.00 bits per heavy atom. The van der Waals surface area contributed by atoms with Crippen molar-refractivity contribution in [2.24, 2.45) is 0 Å². The number of benzene rings is 2. The summed E-state index contributed by atoms with van der Waals surface area (Å²) < 4.78 is 28.1. The normalized spacial score (nSPS) is 16.2. The first-order chi connectivity index (χ1) is 8.58. The molecule has 1 N–H and O–H groups in total. The summed E-state index contributed by atoms with van der Waals surface area (Å²) in [6.45, 7) is 1.97. The van der Waals surface area contributed by atoms with E-state index in [1.165, 1.54) is 4.31 Å². The highest BCUT2D eigenvalue weighted by Crippen LogP contribution is 2.40. The van der Waals surface area contributed by atoms with Gasteiger partial charge in [0.2, 0.25) is 0 Å². The molecule has 2 aromatic carbocycles. The molecule has 18 heavy (non-hydrogen) atoms. The second kappa shape index (κ2) is 3.74. The molecule has 0 atom stereocenters. The molecule has 0 fully saturated rings. The zero-order chi connectivity index (χ0) is 12.8. The highest BCUT2D eigenvalue weighted by molar-refractivity contribution is 7.95. The van der Waals surface area contributed by atoms with E-state index in [1.54, 1.807) is 30.3 Å². The summed E-state index contributed by atoms with van der Waals surface area (Å²) in [5.41, 5.74) is 2.99. The third-order valence-electron chi connectivity index (χ3n) is 2.87. The third-order valence-corrected chi connectivity index (χ3v) is 4.24. The van der Waals surface area contributed by atoms with Crippen molar-refractivity contribution in [3.05, 3.63) is 54.1 Å². The maximum absolute atomic E-state index is 12.1. The van der Waals surface area contributed by atoms with Gasteiger partial charge in [-0.1, -0.05) is 29.8 Å². The van der Waals surface area contributed by atoms with Gasteiger partial charge in [0.1, 0.15) is 0 Å². The van der Waals surface area contributed by atoms with Gasteiger partial charge in [-0.25, -0.2) is 4.31 Å². The van der Waals surface area contributed by atoms with Crippen LogP contribution in [-0.4, -0.2) is 8.42 Å². The second-order valence-corrected chi connectivity index (χ2v) is 5.74. The zero-order valence-corrected chi connectivity index (χ0v) is 10.6. The summed E-state index contributed by atoms with van der Waals surface area (Å²) in [5.74, 6) is 0. The monoisotopic (exact) mass is 260 g/mol. The molecule has 0 aromatic heterocycles. The number of rotatable bonds is 1. The van der Waals surface area contributed by atoms with Crippen LogP contribution in [0.1, 0.15) is 5.56 Å². The number of para-hydroxylation sites is 2. The highest BCUT2D eigenvalue weighted by Gasteiger charge is 2.33. The van der Waals surface area contributed by atoms with E-state index in [-0.39, 0.29) is 0 Å². The molecule has 0 radical (unpaired) electrons. The molecule has 3 rings (SSSR count). The van der Waals surface area contributed by atoms with Crippen molar-refractivity contribution in [2.75, 3.05) is 9.03 Å². The van der Waals surface area contributed by atoms with Gasteiger partial charge in [-0.15, -0.1) is 0 Å². The van der Waals surface area contributed by atoms with Crippen molar-refractivity contribution < 1.29 is 8.42 Å². The van der Waals surface area contributed by atoms with Crippen LogP contribution in [0.15, 0.2) is 48.5 Å². The number of anilines is 3. The zero-order valence-electron chi connectivity index (χ0n) is 9.79. The first-order valence-corrected chi connectivity index (χ1v) is 7.01. The van der Waals surface area contributed by atoms with Crippen molar-refractivity contribution in [3.8, 4) is 0 Å². The Bertz CT molecular complexity index is 693. The topological polar surface area (TPSA) is 49.4 Å². The minimum Gasteiger partial charge on any atom is -0.264 e. The van der Waals surface area contributed by atoms with Crippen LogP contribution in [0.3, 0.4) is 0 Å². The highest BCUT2D eigenvalue weighted by atomic mass is 32.2. The van der Waals surface area contributed by atoms with E-state index in [9.17, 15) is 8.42 Å². The summed E-state index contributed by atoms with van der Waals surface area (Å²) in [6, 6.07) is 14.6. The molecule has 0 saturated carbocycles. The predicted octanol–water partition coefficient (Wildman–Crippen LogP) is 2.80. The summed E-state index contributed by atoms with van der Waals surface area (Å²) in [7, 11) is -3.53. The molecule has 0 aliphatic carbocycles. The molecule has 1 aliphatic heterocycles. The van der Waals surface area contributed by atoms with Crippen molar-refractivity contribution in [2.45, 2.75) is 6.92 Å². The van der Waals surface area contributed by atoms with E-state index in [0.717, 1.165) is 5.56 Å². The Morgan fingerprint density at radius 3 is 2.39 bits per heavy atom. The molecule has 0 unspecified atom stereocenters. The van der Waals surface area contributed by atoms with Crippen LogP contribution in [0.5, 0.6) is 0 Å². The fourth-order valence-corrected chi connectivity index (χ4v) is 3.37. The standard InChI is InChI=1S/C13H12N2O2S/c1-10-6-8-11(9-7-10)15-13-5-3-2-4-12(13)14-18(15,16)17/h2-9,14H,1H3. The maximum Gasteiger partial charge on any atom is 0.328 e. The molecule has 0 amide bonds. The molecule has 0 saturated heterocycles. The number of hydrogen-bond donors (Lipinski definition) is 1. The number of nitrogens with one attached hydrogen (secondary N) is 1. The number of aryl methyl sites for hydroxylation is 1. The van der Waals surface area contributed by atoms with E-state index < -0.39 is 10.2 Å². The van der Waals surface area contributed by atoms with E-state index in [4.69, 9.17) is 0 Å². The van der Waals surface area contributed by atoms with E-state index in [0.29, 0.717) is 17.1 Å². The lowest BCUT2D eigenvalue weighted by Gasteiger charge is -2.16. The lowest BCUT2D eigenvalue weighted by molar-refractivity contribution is 0.603. The van der Waals surface area contributed by atoms with E-state index in [2.05, 4.69) is 4.72 Å². The number of fused-ring (bicyclic) bond motifs is 1. The van der Waals surface area contributed by atoms with Gasteiger partial charge >= 0.3 is 10.2 Å². The maximum atomic E-state index is 12.1. The van der Waals surface area contributed by atoms with Gasteiger partial charge in [-0.3, -0.25) is 4.72 Å². The van der Waals surface area contributed by atoms with Crippen LogP contribution in [0.4, 0.5) is 17.1 Å². The van der Waals surface area contributed by atoms with Crippen LogP contribution < -0.4 is 9.03 Å². The first-order valence-electron chi connectivity index (χ1n) is 5.57. The number of nitrogens with zero attached hydrogens (tertiary/aromatic N) is 1. The van der Waals surface area contributed by atoms with Gasteiger partial charge in [-0.05, 0) is 31.2 Å². The van der Waals surface area contributed by atoms with Crippen LogP contribution in [-0.2, 0) is 10.2 Å². The van der Waals surface area contributed by atoms with Crippen LogP contribution in [0.25, 0.3) is 0 Å².